The smallest absolute Gasteiger partial charge is 0.259 e. The minimum atomic E-state index is -0.406. The van der Waals surface area contributed by atoms with E-state index in [4.69, 9.17) is 0 Å². The zero-order valence-corrected chi connectivity index (χ0v) is 10.2. The fourth-order valence-corrected chi connectivity index (χ4v) is 1.59. The third-order valence-electron chi connectivity index (χ3n) is 2.07. The van der Waals surface area contributed by atoms with E-state index in [1.165, 1.54) is 18.5 Å². The first-order valence-corrected chi connectivity index (χ1v) is 5.51. The van der Waals surface area contributed by atoms with Crippen LogP contribution < -0.4 is 5.32 Å². The second-order valence-corrected chi connectivity index (χ2v) is 4.06. The summed E-state index contributed by atoms with van der Waals surface area (Å²) in [7, 11) is 0. The number of pyridine rings is 2. The van der Waals surface area contributed by atoms with E-state index in [2.05, 4.69) is 31.2 Å². The van der Waals surface area contributed by atoms with Gasteiger partial charge in [-0.25, -0.2) is 0 Å². The van der Waals surface area contributed by atoms with Crippen LogP contribution in [-0.4, -0.2) is 21.0 Å². The van der Waals surface area contributed by atoms with Gasteiger partial charge in [0, 0.05) is 18.6 Å². The summed E-state index contributed by atoms with van der Waals surface area (Å²) in [5.41, 5.74) is 0.755. The summed E-state index contributed by atoms with van der Waals surface area (Å²) >= 11 is 3.26. The van der Waals surface area contributed by atoms with E-state index >= 15 is 0 Å². The van der Waals surface area contributed by atoms with Gasteiger partial charge >= 0.3 is 0 Å². The van der Waals surface area contributed by atoms with Gasteiger partial charge in [0.1, 0.15) is 5.75 Å². The summed E-state index contributed by atoms with van der Waals surface area (Å²) < 4.78 is 0.668. The lowest BCUT2D eigenvalue weighted by molar-refractivity contribution is 0.102. The molecule has 2 aromatic rings. The quantitative estimate of drug-likeness (QED) is 0.890. The van der Waals surface area contributed by atoms with Crippen molar-refractivity contribution in [3.05, 3.63) is 47.0 Å². The van der Waals surface area contributed by atoms with Gasteiger partial charge in [-0.2, -0.15) is 0 Å². The van der Waals surface area contributed by atoms with Gasteiger partial charge in [0.2, 0.25) is 0 Å². The van der Waals surface area contributed by atoms with Crippen molar-refractivity contribution < 1.29 is 9.90 Å². The first kappa shape index (κ1) is 11.5. The Hall–Kier alpha value is -1.95. The Labute approximate surface area is 106 Å². The molecule has 6 heteroatoms. The number of carbonyl (C=O) groups excluding carboxylic acids is 1. The zero-order valence-electron chi connectivity index (χ0n) is 8.59. The second-order valence-electron chi connectivity index (χ2n) is 3.20. The van der Waals surface area contributed by atoms with E-state index in [9.17, 15) is 9.90 Å². The molecule has 0 saturated heterocycles. The Morgan fingerprint density at radius 1 is 1.24 bits per heavy atom. The summed E-state index contributed by atoms with van der Waals surface area (Å²) in [6.45, 7) is 0. The number of nitrogens with one attached hydrogen (secondary N) is 1. The van der Waals surface area contributed by atoms with Crippen LogP contribution in [0.4, 0.5) is 5.69 Å². The molecule has 1 amide bonds. The van der Waals surface area contributed by atoms with Gasteiger partial charge in [-0.1, -0.05) is 0 Å². The maximum Gasteiger partial charge on any atom is 0.259 e. The molecule has 0 spiro atoms. The lowest BCUT2D eigenvalue weighted by atomic mass is 10.2. The first-order valence-electron chi connectivity index (χ1n) is 4.72. The molecule has 5 nitrogen and oxygen atoms in total. The fraction of sp³-hybridized carbons (Fsp3) is 0. The Morgan fingerprint density at radius 2 is 1.94 bits per heavy atom. The van der Waals surface area contributed by atoms with Crippen molar-refractivity contribution >= 4 is 27.5 Å². The van der Waals surface area contributed by atoms with Gasteiger partial charge in [-0.05, 0) is 28.1 Å². The van der Waals surface area contributed by atoms with E-state index in [1.54, 1.807) is 18.5 Å². The minimum Gasteiger partial charge on any atom is -0.505 e. The lowest BCUT2D eigenvalue weighted by Crippen LogP contribution is -2.12. The molecule has 0 aromatic carbocycles. The third kappa shape index (κ3) is 2.59. The van der Waals surface area contributed by atoms with Crippen LogP contribution in [0.5, 0.6) is 5.75 Å². The van der Waals surface area contributed by atoms with Crippen molar-refractivity contribution in [1.82, 2.24) is 9.97 Å². The van der Waals surface area contributed by atoms with E-state index in [0.717, 1.165) is 0 Å². The Morgan fingerprint density at radius 3 is 2.65 bits per heavy atom. The van der Waals surface area contributed by atoms with Crippen LogP contribution in [0.25, 0.3) is 0 Å². The molecule has 17 heavy (non-hydrogen) atoms. The predicted octanol–water partition coefficient (Wildman–Crippen LogP) is 2.20. The summed E-state index contributed by atoms with van der Waals surface area (Å²) in [6, 6.07) is 3.10. The van der Waals surface area contributed by atoms with Crippen LogP contribution in [0.1, 0.15) is 10.4 Å². The van der Waals surface area contributed by atoms with Crippen LogP contribution in [0.3, 0.4) is 0 Å². The zero-order chi connectivity index (χ0) is 12.3. The first-order chi connectivity index (χ1) is 8.18. The minimum absolute atomic E-state index is 0.157. The lowest BCUT2D eigenvalue weighted by Gasteiger charge is -2.07. The highest BCUT2D eigenvalue weighted by atomic mass is 79.9. The van der Waals surface area contributed by atoms with Crippen molar-refractivity contribution in [3.8, 4) is 5.75 Å². The number of halogens is 1. The van der Waals surface area contributed by atoms with Crippen LogP contribution in [-0.2, 0) is 0 Å². The van der Waals surface area contributed by atoms with E-state index < -0.39 is 5.91 Å². The van der Waals surface area contributed by atoms with Crippen LogP contribution in [0.15, 0.2) is 41.4 Å². The molecule has 0 radical (unpaired) electrons. The number of anilines is 1. The molecule has 0 aliphatic rings. The number of hydrogen-bond donors (Lipinski definition) is 2. The molecule has 2 N–H and O–H groups in total. The van der Waals surface area contributed by atoms with Crippen LogP contribution in [0.2, 0.25) is 0 Å². The average Bonchev–Trinajstić information content (AvgIpc) is 2.32. The van der Waals surface area contributed by atoms with Crippen molar-refractivity contribution in [1.29, 1.82) is 0 Å². The van der Waals surface area contributed by atoms with Gasteiger partial charge in [0.25, 0.3) is 5.91 Å². The number of rotatable bonds is 2. The van der Waals surface area contributed by atoms with Gasteiger partial charge in [-0.3, -0.25) is 14.8 Å². The van der Waals surface area contributed by atoms with E-state index in [1.807, 2.05) is 0 Å². The van der Waals surface area contributed by atoms with Crippen molar-refractivity contribution in [2.75, 3.05) is 5.32 Å². The molecular formula is C11H8BrN3O2. The average molecular weight is 294 g/mol. The molecule has 0 unspecified atom stereocenters. The van der Waals surface area contributed by atoms with Crippen molar-refractivity contribution in [2.45, 2.75) is 0 Å². The molecule has 86 valence electrons. The number of amides is 1. The Balaban J connectivity index is 2.24. The molecule has 0 atom stereocenters. The standard InChI is InChI=1S/C11H8BrN3O2/c12-8-5-13-4-2-9(8)15-11(17)7-1-3-14-6-10(7)16/h1-6,16H,(H,13,15,17). The Kier molecular flexibility index (Phi) is 3.34. The number of aromatic hydroxyl groups is 1. The molecule has 0 bridgehead atoms. The van der Waals surface area contributed by atoms with Gasteiger partial charge in [0.05, 0.1) is 21.9 Å². The van der Waals surface area contributed by atoms with Crippen molar-refractivity contribution in [3.63, 3.8) is 0 Å². The summed E-state index contributed by atoms with van der Waals surface area (Å²) in [5, 5.41) is 12.1. The van der Waals surface area contributed by atoms with Gasteiger partial charge in [-0.15, -0.1) is 0 Å². The second kappa shape index (κ2) is 4.92. The largest absolute Gasteiger partial charge is 0.505 e. The van der Waals surface area contributed by atoms with Crippen LogP contribution >= 0.6 is 15.9 Å². The summed E-state index contributed by atoms with van der Waals surface area (Å²) in [6.07, 6.45) is 5.79. The maximum absolute atomic E-state index is 11.8. The van der Waals surface area contributed by atoms with Gasteiger partial charge < -0.3 is 10.4 Å². The van der Waals surface area contributed by atoms with E-state index in [0.29, 0.717) is 10.2 Å². The maximum atomic E-state index is 11.8. The van der Waals surface area contributed by atoms with Crippen molar-refractivity contribution in [2.24, 2.45) is 0 Å². The molecule has 2 heterocycles. The SMILES string of the molecule is O=C(Nc1ccncc1Br)c1ccncc1O. The predicted molar refractivity (Wildman–Crippen MR) is 65.8 cm³/mol. The number of nitrogens with zero attached hydrogens (tertiary/aromatic N) is 2. The van der Waals surface area contributed by atoms with Crippen LogP contribution in [0, 0.1) is 0 Å². The number of hydrogen-bond acceptors (Lipinski definition) is 4. The molecule has 0 fully saturated rings. The normalized spacial score (nSPS) is 9.94. The van der Waals surface area contributed by atoms with E-state index in [-0.39, 0.29) is 11.3 Å². The molecule has 0 saturated carbocycles. The molecule has 0 aliphatic carbocycles. The number of carbonyl (C=O) groups is 1. The molecule has 2 rings (SSSR count). The topological polar surface area (TPSA) is 75.1 Å². The summed E-state index contributed by atoms with van der Waals surface area (Å²) in [5.74, 6) is -0.563. The highest BCUT2D eigenvalue weighted by molar-refractivity contribution is 9.10. The summed E-state index contributed by atoms with van der Waals surface area (Å²) in [4.78, 5) is 19.4. The monoisotopic (exact) mass is 293 g/mol. The fourth-order valence-electron chi connectivity index (χ4n) is 1.24. The molecule has 2 aromatic heterocycles. The third-order valence-corrected chi connectivity index (χ3v) is 2.70. The number of aromatic nitrogens is 2. The highest BCUT2D eigenvalue weighted by Crippen LogP contribution is 2.22. The molecule has 0 aliphatic heterocycles. The Bertz CT molecular complexity index is 560. The molecular weight excluding hydrogens is 286 g/mol. The highest BCUT2D eigenvalue weighted by Gasteiger charge is 2.11. The van der Waals surface area contributed by atoms with Gasteiger partial charge in [0.15, 0.2) is 0 Å².